The Labute approximate surface area is 109 Å². The van der Waals surface area contributed by atoms with Crippen LogP contribution in [0.5, 0.6) is 11.5 Å². The number of phenolic OH excluding ortho intramolecular Hbond substituents is 1. The topological polar surface area (TPSA) is 61.7 Å². The minimum absolute atomic E-state index is 0.150. The number of nitrogens with one attached hydrogen (secondary N) is 1. The molecule has 0 amide bonds. The van der Waals surface area contributed by atoms with Crippen LogP contribution in [0.15, 0.2) is 18.2 Å². The molecule has 0 aliphatic rings. The number of ether oxygens (including phenoxy) is 1. The number of hydrogen-bond acceptors (Lipinski definition) is 4. The third-order valence-electron chi connectivity index (χ3n) is 3.06. The lowest BCUT2D eigenvalue weighted by Gasteiger charge is -2.21. The van der Waals surface area contributed by atoms with E-state index in [1.165, 1.54) is 7.11 Å². The molecule has 1 atom stereocenters. The Morgan fingerprint density at radius 3 is 2.61 bits per heavy atom. The fourth-order valence-electron chi connectivity index (χ4n) is 1.89. The predicted octanol–water partition coefficient (Wildman–Crippen LogP) is 1.90. The Balaban J connectivity index is 2.61. The molecule has 0 aliphatic carbocycles. The van der Waals surface area contributed by atoms with E-state index in [2.05, 4.69) is 19.2 Å². The molecule has 1 unspecified atom stereocenters. The highest BCUT2D eigenvalue weighted by Crippen LogP contribution is 2.26. The van der Waals surface area contributed by atoms with Gasteiger partial charge in [-0.05, 0) is 30.0 Å². The molecular weight excluding hydrogens is 230 g/mol. The second-order valence-electron chi connectivity index (χ2n) is 4.75. The molecule has 0 aliphatic heterocycles. The van der Waals surface area contributed by atoms with Crippen LogP contribution in [0.2, 0.25) is 0 Å². The van der Waals surface area contributed by atoms with Gasteiger partial charge in [0.25, 0.3) is 0 Å². The molecular formula is C14H23NO3. The zero-order valence-corrected chi connectivity index (χ0v) is 11.3. The lowest BCUT2D eigenvalue weighted by atomic mass is 10.0. The van der Waals surface area contributed by atoms with Crippen LogP contribution in [0.4, 0.5) is 0 Å². The van der Waals surface area contributed by atoms with E-state index < -0.39 is 0 Å². The average molecular weight is 253 g/mol. The largest absolute Gasteiger partial charge is 0.504 e. The van der Waals surface area contributed by atoms with Crippen molar-refractivity contribution in [3.63, 3.8) is 0 Å². The van der Waals surface area contributed by atoms with Gasteiger partial charge in [0.1, 0.15) is 0 Å². The number of aliphatic hydroxyl groups is 1. The fraction of sp³-hybridized carbons (Fsp3) is 0.571. The van der Waals surface area contributed by atoms with Crippen LogP contribution in [-0.4, -0.2) is 30.0 Å². The van der Waals surface area contributed by atoms with E-state index in [9.17, 15) is 5.11 Å². The van der Waals surface area contributed by atoms with Crippen molar-refractivity contribution in [3.05, 3.63) is 23.8 Å². The second kappa shape index (κ2) is 7.24. The average Bonchev–Trinajstić information content (AvgIpc) is 2.35. The molecule has 0 radical (unpaired) electrons. The van der Waals surface area contributed by atoms with Crippen molar-refractivity contribution in [2.24, 2.45) is 5.92 Å². The molecule has 1 aromatic rings. The van der Waals surface area contributed by atoms with Crippen molar-refractivity contribution in [2.45, 2.75) is 32.9 Å². The summed E-state index contributed by atoms with van der Waals surface area (Å²) in [5, 5.41) is 21.9. The summed E-state index contributed by atoms with van der Waals surface area (Å²) in [6.45, 7) is 5.14. The van der Waals surface area contributed by atoms with Gasteiger partial charge in [0.15, 0.2) is 11.5 Å². The Bertz CT molecular complexity index is 366. The molecule has 4 nitrogen and oxygen atoms in total. The molecule has 0 aromatic heterocycles. The molecule has 0 saturated heterocycles. The summed E-state index contributed by atoms with van der Waals surface area (Å²) in [5.41, 5.74) is 1.05. The first kappa shape index (κ1) is 14.8. The molecule has 1 aromatic carbocycles. The van der Waals surface area contributed by atoms with Crippen LogP contribution in [0.25, 0.3) is 0 Å². The Morgan fingerprint density at radius 2 is 2.06 bits per heavy atom. The molecule has 4 heteroatoms. The Morgan fingerprint density at radius 1 is 1.33 bits per heavy atom. The standard InChI is InChI=1S/C14H23NO3/c1-10(2)12(6-7-16)15-9-11-4-5-13(17)14(8-11)18-3/h4-5,8,10,12,15-17H,6-7,9H2,1-3H3. The number of benzene rings is 1. The number of rotatable bonds is 7. The first-order valence-corrected chi connectivity index (χ1v) is 6.28. The molecule has 102 valence electrons. The minimum Gasteiger partial charge on any atom is -0.504 e. The first-order chi connectivity index (χ1) is 8.58. The van der Waals surface area contributed by atoms with Gasteiger partial charge < -0.3 is 20.3 Å². The van der Waals surface area contributed by atoms with Crippen LogP contribution in [0.1, 0.15) is 25.8 Å². The summed E-state index contributed by atoms with van der Waals surface area (Å²) < 4.78 is 5.07. The van der Waals surface area contributed by atoms with Crippen molar-refractivity contribution in [1.29, 1.82) is 0 Å². The van der Waals surface area contributed by atoms with Gasteiger partial charge in [0.2, 0.25) is 0 Å². The maximum atomic E-state index is 9.51. The van der Waals surface area contributed by atoms with Crippen LogP contribution >= 0.6 is 0 Å². The smallest absolute Gasteiger partial charge is 0.160 e. The van der Waals surface area contributed by atoms with Crippen molar-refractivity contribution in [1.82, 2.24) is 5.32 Å². The van der Waals surface area contributed by atoms with Crippen molar-refractivity contribution in [3.8, 4) is 11.5 Å². The predicted molar refractivity (Wildman–Crippen MR) is 71.8 cm³/mol. The maximum Gasteiger partial charge on any atom is 0.160 e. The lowest BCUT2D eigenvalue weighted by Crippen LogP contribution is -2.34. The van der Waals surface area contributed by atoms with Gasteiger partial charge in [-0.15, -0.1) is 0 Å². The van der Waals surface area contributed by atoms with Crippen LogP contribution < -0.4 is 10.1 Å². The SMILES string of the molecule is COc1cc(CNC(CCO)C(C)C)ccc1O. The Hall–Kier alpha value is -1.26. The lowest BCUT2D eigenvalue weighted by molar-refractivity contribution is 0.244. The van der Waals surface area contributed by atoms with Crippen LogP contribution in [-0.2, 0) is 6.54 Å². The van der Waals surface area contributed by atoms with Gasteiger partial charge in [-0.3, -0.25) is 0 Å². The van der Waals surface area contributed by atoms with Crippen molar-refractivity contribution >= 4 is 0 Å². The summed E-state index contributed by atoms with van der Waals surface area (Å²) in [7, 11) is 1.54. The van der Waals surface area contributed by atoms with E-state index in [4.69, 9.17) is 9.84 Å². The Kier molecular flexibility index (Phi) is 5.95. The fourth-order valence-corrected chi connectivity index (χ4v) is 1.89. The molecule has 0 saturated carbocycles. The molecule has 3 N–H and O–H groups in total. The minimum atomic E-state index is 0.150. The molecule has 1 rings (SSSR count). The van der Waals surface area contributed by atoms with E-state index in [-0.39, 0.29) is 18.4 Å². The van der Waals surface area contributed by atoms with Gasteiger partial charge in [0, 0.05) is 19.2 Å². The van der Waals surface area contributed by atoms with E-state index >= 15 is 0 Å². The van der Waals surface area contributed by atoms with Crippen LogP contribution in [0.3, 0.4) is 0 Å². The highest BCUT2D eigenvalue weighted by Gasteiger charge is 2.12. The molecule has 0 spiro atoms. The summed E-state index contributed by atoms with van der Waals surface area (Å²) in [5.74, 6) is 1.10. The maximum absolute atomic E-state index is 9.51. The van der Waals surface area contributed by atoms with E-state index in [1.54, 1.807) is 6.07 Å². The van der Waals surface area contributed by atoms with Gasteiger partial charge in [-0.1, -0.05) is 19.9 Å². The van der Waals surface area contributed by atoms with Crippen molar-refractivity contribution < 1.29 is 14.9 Å². The van der Waals surface area contributed by atoms with Crippen molar-refractivity contribution in [2.75, 3.05) is 13.7 Å². The normalized spacial score (nSPS) is 12.7. The zero-order valence-electron chi connectivity index (χ0n) is 11.3. The van der Waals surface area contributed by atoms with Gasteiger partial charge in [-0.25, -0.2) is 0 Å². The third kappa shape index (κ3) is 4.20. The zero-order chi connectivity index (χ0) is 13.5. The quantitative estimate of drug-likeness (QED) is 0.694. The summed E-state index contributed by atoms with van der Waals surface area (Å²) in [4.78, 5) is 0. The van der Waals surface area contributed by atoms with Gasteiger partial charge in [0.05, 0.1) is 7.11 Å². The molecule has 18 heavy (non-hydrogen) atoms. The van der Waals surface area contributed by atoms with Crippen LogP contribution in [0, 0.1) is 5.92 Å². The third-order valence-corrected chi connectivity index (χ3v) is 3.06. The molecule has 0 fully saturated rings. The number of hydrogen-bond donors (Lipinski definition) is 3. The number of phenols is 1. The molecule has 0 heterocycles. The monoisotopic (exact) mass is 253 g/mol. The van der Waals surface area contributed by atoms with Gasteiger partial charge in [-0.2, -0.15) is 0 Å². The van der Waals surface area contributed by atoms with Gasteiger partial charge >= 0.3 is 0 Å². The second-order valence-corrected chi connectivity index (χ2v) is 4.75. The number of methoxy groups -OCH3 is 1. The number of aliphatic hydroxyl groups excluding tert-OH is 1. The highest BCUT2D eigenvalue weighted by molar-refractivity contribution is 5.41. The summed E-state index contributed by atoms with van der Waals surface area (Å²) in [6, 6.07) is 5.60. The van der Waals surface area contributed by atoms with E-state index in [0.29, 0.717) is 18.2 Å². The summed E-state index contributed by atoms with van der Waals surface area (Å²) >= 11 is 0. The van der Waals surface area contributed by atoms with E-state index in [1.807, 2.05) is 12.1 Å². The molecule has 0 bridgehead atoms. The summed E-state index contributed by atoms with van der Waals surface area (Å²) in [6.07, 6.45) is 0.743. The number of aromatic hydroxyl groups is 1. The first-order valence-electron chi connectivity index (χ1n) is 6.28. The van der Waals surface area contributed by atoms with E-state index in [0.717, 1.165) is 12.0 Å². The highest BCUT2D eigenvalue weighted by atomic mass is 16.5.